The number of nitrogens with one attached hydrogen (secondary N) is 1. The molecule has 6 nitrogen and oxygen atoms in total. The molecule has 0 bridgehead atoms. The fourth-order valence-corrected chi connectivity index (χ4v) is 3.72. The number of fused-ring (bicyclic) bond motifs is 1. The van der Waals surface area contributed by atoms with Crippen LogP contribution in [0.1, 0.15) is 22.3 Å². The van der Waals surface area contributed by atoms with E-state index in [-0.39, 0.29) is 11.6 Å². The van der Waals surface area contributed by atoms with E-state index in [0.29, 0.717) is 19.5 Å². The van der Waals surface area contributed by atoms with E-state index in [1.807, 2.05) is 47.4 Å². The minimum Gasteiger partial charge on any atom is -0.381 e. The number of nitro benzene ring substituents is 1. The monoisotopic (exact) mass is 401 g/mol. The third-order valence-corrected chi connectivity index (χ3v) is 5.41. The first-order valence-corrected chi connectivity index (χ1v) is 9.99. The van der Waals surface area contributed by atoms with Crippen molar-refractivity contribution in [2.24, 2.45) is 0 Å². The van der Waals surface area contributed by atoms with E-state index < -0.39 is 4.92 Å². The second-order valence-corrected chi connectivity index (χ2v) is 7.49. The standard InChI is InChI=1S/C24H23N3O3/c28-24(26-13-12-20-5-1-2-6-21(20)17-26)15-18-8-10-22(11-9-18)25-16-19-4-3-7-23(14-19)27(29)30/h1-11,14,25H,12-13,15-17H2. The zero-order valence-corrected chi connectivity index (χ0v) is 16.6. The van der Waals surface area contributed by atoms with Gasteiger partial charge in [-0.1, -0.05) is 48.5 Å². The highest BCUT2D eigenvalue weighted by atomic mass is 16.6. The molecule has 1 amide bonds. The van der Waals surface area contributed by atoms with Gasteiger partial charge < -0.3 is 10.2 Å². The van der Waals surface area contributed by atoms with Crippen molar-refractivity contribution in [3.05, 3.63) is 105 Å². The van der Waals surface area contributed by atoms with Crippen LogP contribution in [0.25, 0.3) is 0 Å². The molecule has 1 N–H and O–H groups in total. The van der Waals surface area contributed by atoms with Crippen LogP contribution in [0.3, 0.4) is 0 Å². The lowest BCUT2D eigenvalue weighted by Crippen LogP contribution is -2.36. The molecule has 0 aromatic heterocycles. The highest BCUT2D eigenvalue weighted by Gasteiger charge is 2.20. The Morgan fingerprint density at radius 1 is 0.967 bits per heavy atom. The minimum atomic E-state index is -0.393. The molecule has 152 valence electrons. The lowest BCUT2D eigenvalue weighted by Gasteiger charge is -2.29. The number of carbonyl (C=O) groups is 1. The van der Waals surface area contributed by atoms with Crippen molar-refractivity contribution in [2.45, 2.75) is 25.9 Å². The van der Waals surface area contributed by atoms with Crippen molar-refractivity contribution in [3.8, 4) is 0 Å². The van der Waals surface area contributed by atoms with E-state index in [1.165, 1.54) is 17.2 Å². The van der Waals surface area contributed by atoms with Gasteiger partial charge in [-0.05, 0) is 40.8 Å². The Morgan fingerprint density at radius 3 is 2.50 bits per heavy atom. The number of carbonyl (C=O) groups excluding carboxylic acids is 1. The molecule has 3 aromatic carbocycles. The third-order valence-electron chi connectivity index (χ3n) is 5.41. The first kappa shape index (κ1) is 19.6. The number of nitro groups is 1. The maximum Gasteiger partial charge on any atom is 0.269 e. The molecule has 0 radical (unpaired) electrons. The average molecular weight is 401 g/mol. The van der Waals surface area contributed by atoms with Crippen LogP contribution < -0.4 is 5.32 Å². The Hall–Kier alpha value is -3.67. The van der Waals surface area contributed by atoms with Gasteiger partial charge in [0, 0.05) is 37.5 Å². The number of hydrogen-bond donors (Lipinski definition) is 1. The SMILES string of the molecule is O=C(Cc1ccc(NCc2cccc([N+](=O)[O-])c2)cc1)N1CCc2ccccc2C1. The fourth-order valence-electron chi connectivity index (χ4n) is 3.72. The molecule has 0 atom stereocenters. The largest absolute Gasteiger partial charge is 0.381 e. The van der Waals surface area contributed by atoms with E-state index in [4.69, 9.17) is 0 Å². The zero-order chi connectivity index (χ0) is 20.9. The lowest BCUT2D eigenvalue weighted by atomic mass is 9.99. The van der Waals surface area contributed by atoms with Crippen molar-refractivity contribution in [1.29, 1.82) is 0 Å². The molecule has 6 heteroatoms. The second-order valence-electron chi connectivity index (χ2n) is 7.49. The van der Waals surface area contributed by atoms with Gasteiger partial charge in [-0.25, -0.2) is 0 Å². The van der Waals surface area contributed by atoms with E-state index in [1.54, 1.807) is 12.1 Å². The van der Waals surface area contributed by atoms with Crippen molar-refractivity contribution in [3.63, 3.8) is 0 Å². The van der Waals surface area contributed by atoms with Crippen LogP contribution in [0.5, 0.6) is 0 Å². The van der Waals surface area contributed by atoms with E-state index >= 15 is 0 Å². The number of amides is 1. The first-order valence-electron chi connectivity index (χ1n) is 9.99. The summed E-state index contributed by atoms with van der Waals surface area (Å²) in [5, 5.41) is 14.1. The molecule has 30 heavy (non-hydrogen) atoms. The van der Waals surface area contributed by atoms with E-state index in [9.17, 15) is 14.9 Å². The molecule has 1 aliphatic rings. The Bertz CT molecular complexity index is 1060. The maximum atomic E-state index is 12.7. The quantitative estimate of drug-likeness (QED) is 0.493. The Labute approximate surface area is 175 Å². The fraction of sp³-hybridized carbons (Fsp3) is 0.208. The van der Waals surface area contributed by atoms with E-state index in [0.717, 1.165) is 29.8 Å². The molecule has 1 heterocycles. The Morgan fingerprint density at radius 2 is 1.73 bits per heavy atom. The second kappa shape index (κ2) is 8.78. The molecule has 3 aromatic rings. The van der Waals surface area contributed by atoms with Gasteiger partial charge in [0.25, 0.3) is 5.69 Å². The summed E-state index contributed by atoms with van der Waals surface area (Å²) in [7, 11) is 0. The Balaban J connectivity index is 1.32. The van der Waals surface area contributed by atoms with E-state index in [2.05, 4.69) is 17.4 Å². The predicted molar refractivity (Wildman–Crippen MR) is 116 cm³/mol. The molecule has 1 aliphatic heterocycles. The van der Waals surface area contributed by atoms with Crippen molar-refractivity contribution in [1.82, 2.24) is 4.90 Å². The van der Waals surface area contributed by atoms with Gasteiger partial charge in [-0.15, -0.1) is 0 Å². The predicted octanol–water partition coefficient (Wildman–Crippen LogP) is 4.33. The summed E-state index contributed by atoms with van der Waals surface area (Å²) in [6, 6.07) is 22.7. The number of hydrogen-bond acceptors (Lipinski definition) is 4. The molecular formula is C24H23N3O3. The summed E-state index contributed by atoms with van der Waals surface area (Å²) < 4.78 is 0. The molecule has 0 saturated heterocycles. The maximum absolute atomic E-state index is 12.7. The summed E-state index contributed by atoms with van der Waals surface area (Å²) >= 11 is 0. The summed E-state index contributed by atoms with van der Waals surface area (Å²) in [6.07, 6.45) is 1.29. The molecule has 0 saturated carbocycles. The van der Waals surface area contributed by atoms with Gasteiger partial charge in [0.15, 0.2) is 0 Å². The highest BCUT2D eigenvalue weighted by molar-refractivity contribution is 5.79. The summed E-state index contributed by atoms with van der Waals surface area (Å²) in [5.74, 6) is 0.141. The number of rotatable bonds is 6. The topological polar surface area (TPSA) is 75.5 Å². The van der Waals surface area contributed by atoms with Gasteiger partial charge in [0.1, 0.15) is 0 Å². The van der Waals surface area contributed by atoms with Gasteiger partial charge in [-0.2, -0.15) is 0 Å². The van der Waals surface area contributed by atoms with Crippen LogP contribution in [0, 0.1) is 10.1 Å². The van der Waals surface area contributed by atoms with Crippen LogP contribution in [0.2, 0.25) is 0 Å². The molecule has 0 unspecified atom stereocenters. The first-order chi connectivity index (χ1) is 14.6. The molecule has 0 fully saturated rings. The van der Waals surface area contributed by atoms with Crippen molar-refractivity contribution >= 4 is 17.3 Å². The summed E-state index contributed by atoms with van der Waals surface area (Å²) in [6.45, 7) is 1.93. The molecule has 4 rings (SSSR count). The number of benzene rings is 3. The smallest absolute Gasteiger partial charge is 0.269 e. The molecular weight excluding hydrogens is 378 g/mol. The summed E-state index contributed by atoms with van der Waals surface area (Å²) in [5.41, 5.74) is 5.38. The van der Waals surface area contributed by atoms with Crippen LogP contribution in [-0.4, -0.2) is 22.3 Å². The van der Waals surface area contributed by atoms with Crippen LogP contribution >= 0.6 is 0 Å². The van der Waals surface area contributed by atoms with Gasteiger partial charge >= 0.3 is 0 Å². The highest BCUT2D eigenvalue weighted by Crippen LogP contribution is 2.20. The molecule has 0 aliphatic carbocycles. The number of non-ortho nitro benzene ring substituents is 1. The Kier molecular flexibility index (Phi) is 5.75. The van der Waals surface area contributed by atoms with Crippen molar-refractivity contribution in [2.75, 3.05) is 11.9 Å². The third kappa shape index (κ3) is 4.66. The van der Waals surface area contributed by atoms with Gasteiger partial charge in [0.05, 0.1) is 11.3 Å². The summed E-state index contributed by atoms with van der Waals surface area (Å²) in [4.78, 5) is 25.1. The normalized spacial score (nSPS) is 12.9. The molecule has 0 spiro atoms. The van der Waals surface area contributed by atoms with Crippen LogP contribution in [0.15, 0.2) is 72.8 Å². The lowest BCUT2D eigenvalue weighted by molar-refractivity contribution is -0.384. The van der Waals surface area contributed by atoms with Crippen molar-refractivity contribution < 1.29 is 9.72 Å². The van der Waals surface area contributed by atoms with Crippen LogP contribution in [0.4, 0.5) is 11.4 Å². The van der Waals surface area contributed by atoms with Gasteiger partial charge in [-0.3, -0.25) is 14.9 Å². The van der Waals surface area contributed by atoms with Crippen LogP contribution in [-0.2, 0) is 30.7 Å². The zero-order valence-electron chi connectivity index (χ0n) is 16.6. The number of anilines is 1. The van der Waals surface area contributed by atoms with Gasteiger partial charge in [0.2, 0.25) is 5.91 Å². The average Bonchev–Trinajstić information content (AvgIpc) is 2.78. The number of nitrogens with zero attached hydrogens (tertiary/aromatic N) is 2. The minimum absolute atomic E-state index is 0.0866.